The summed E-state index contributed by atoms with van der Waals surface area (Å²) >= 11 is 1.34. The molecule has 3 rings (SSSR count). The van der Waals surface area contributed by atoms with Crippen molar-refractivity contribution in [2.24, 2.45) is 0 Å². The molecule has 1 atom stereocenters. The minimum atomic E-state index is -1.07. The summed E-state index contributed by atoms with van der Waals surface area (Å²) in [5.74, 6) is -1.04. The first-order chi connectivity index (χ1) is 12.1. The van der Waals surface area contributed by atoms with Crippen LogP contribution in [0.15, 0.2) is 53.9 Å². The Morgan fingerprint density at radius 2 is 1.96 bits per heavy atom. The highest BCUT2D eigenvalue weighted by Gasteiger charge is 2.20. The smallest absolute Gasteiger partial charge is 0.272 e. The van der Waals surface area contributed by atoms with E-state index in [1.165, 1.54) is 29.5 Å². The van der Waals surface area contributed by atoms with E-state index in [9.17, 15) is 14.4 Å². The zero-order chi connectivity index (χ0) is 17.8. The van der Waals surface area contributed by atoms with Crippen molar-refractivity contribution in [2.75, 3.05) is 0 Å². The molecule has 0 radical (unpaired) electrons. The second-order valence-corrected chi connectivity index (χ2v) is 6.32. The minimum Gasteiger partial charge on any atom is -0.331 e. The summed E-state index contributed by atoms with van der Waals surface area (Å²) in [4.78, 5) is 16.7. The minimum absolute atomic E-state index is 0.132. The molecule has 2 aromatic carbocycles. The standard InChI is InChI=1S/C19H14FN3OS/c1-12-6-8-13(9-7-12)19-23-17(11-25-19)18(24)22-16(10-21)14-4-2-3-5-15(14)20/h2-9,11,16H,1H3,(H,22,24). The van der Waals surface area contributed by atoms with E-state index < -0.39 is 17.8 Å². The van der Waals surface area contributed by atoms with Crippen molar-refractivity contribution in [3.8, 4) is 16.6 Å². The third-order valence-electron chi connectivity index (χ3n) is 3.66. The van der Waals surface area contributed by atoms with Gasteiger partial charge in [-0.25, -0.2) is 9.37 Å². The molecule has 1 unspecified atom stereocenters. The van der Waals surface area contributed by atoms with Crippen molar-refractivity contribution in [3.63, 3.8) is 0 Å². The van der Waals surface area contributed by atoms with Gasteiger partial charge in [-0.1, -0.05) is 48.0 Å². The number of halogens is 1. The molecule has 0 aliphatic rings. The van der Waals surface area contributed by atoms with Gasteiger partial charge in [-0.15, -0.1) is 11.3 Å². The van der Waals surface area contributed by atoms with Crippen LogP contribution >= 0.6 is 11.3 Å². The summed E-state index contributed by atoms with van der Waals surface area (Å²) in [5, 5.41) is 14.1. The molecule has 0 saturated carbocycles. The fraction of sp³-hybridized carbons (Fsp3) is 0.105. The first-order valence-corrected chi connectivity index (χ1v) is 8.44. The van der Waals surface area contributed by atoms with Gasteiger partial charge in [0, 0.05) is 16.5 Å². The van der Waals surface area contributed by atoms with Crippen molar-refractivity contribution < 1.29 is 9.18 Å². The Kier molecular flexibility index (Phi) is 4.87. The summed E-state index contributed by atoms with van der Waals surface area (Å²) in [6.45, 7) is 2.00. The van der Waals surface area contributed by atoms with Crippen molar-refractivity contribution in [3.05, 3.63) is 76.5 Å². The molecule has 1 amide bonds. The van der Waals surface area contributed by atoms with Crippen LogP contribution in [0, 0.1) is 24.1 Å². The Labute approximate surface area is 148 Å². The molecule has 124 valence electrons. The highest BCUT2D eigenvalue weighted by atomic mass is 32.1. The molecular weight excluding hydrogens is 337 g/mol. The van der Waals surface area contributed by atoms with E-state index in [2.05, 4.69) is 10.3 Å². The summed E-state index contributed by atoms with van der Waals surface area (Å²) < 4.78 is 13.8. The second-order valence-electron chi connectivity index (χ2n) is 5.46. The first kappa shape index (κ1) is 16.8. The Bertz CT molecular complexity index is 944. The van der Waals surface area contributed by atoms with Gasteiger partial charge < -0.3 is 5.32 Å². The molecule has 1 N–H and O–H groups in total. The van der Waals surface area contributed by atoms with Gasteiger partial charge in [0.1, 0.15) is 22.6 Å². The number of carbonyl (C=O) groups excluding carboxylic acids is 1. The maximum absolute atomic E-state index is 13.8. The van der Waals surface area contributed by atoms with Crippen molar-refractivity contribution in [1.29, 1.82) is 5.26 Å². The first-order valence-electron chi connectivity index (χ1n) is 7.56. The number of nitrogens with zero attached hydrogens (tertiary/aromatic N) is 2. The SMILES string of the molecule is Cc1ccc(-c2nc(C(=O)NC(C#N)c3ccccc3F)cs2)cc1. The van der Waals surface area contributed by atoms with Gasteiger partial charge in [-0.2, -0.15) is 5.26 Å². The van der Waals surface area contributed by atoms with Gasteiger partial charge in [0.05, 0.1) is 6.07 Å². The molecule has 25 heavy (non-hydrogen) atoms. The predicted octanol–water partition coefficient (Wildman–Crippen LogP) is 4.25. The molecule has 1 aromatic heterocycles. The number of hydrogen-bond donors (Lipinski definition) is 1. The van der Waals surface area contributed by atoms with Crippen LogP contribution in [0.5, 0.6) is 0 Å². The summed E-state index contributed by atoms with van der Waals surface area (Å²) in [5.41, 5.74) is 2.39. The Morgan fingerprint density at radius 3 is 2.64 bits per heavy atom. The van der Waals surface area contributed by atoms with E-state index in [4.69, 9.17) is 0 Å². The van der Waals surface area contributed by atoms with Gasteiger partial charge >= 0.3 is 0 Å². The average molecular weight is 351 g/mol. The van der Waals surface area contributed by atoms with Crippen molar-refractivity contribution >= 4 is 17.2 Å². The van der Waals surface area contributed by atoms with Crippen LogP contribution in [-0.4, -0.2) is 10.9 Å². The lowest BCUT2D eigenvalue weighted by Gasteiger charge is -2.11. The third kappa shape index (κ3) is 3.73. The maximum atomic E-state index is 13.8. The van der Waals surface area contributed by atoms with E-state index in [0.29, 0.717) is 5.01 Å². The number of hydrogen-bond acceptors (Lipinski definition) is 4. The van der Waals surface area contributed by atoms with Crippen LogP contribution in [0.25, 0.3) is 10.6 Å². The van der Waals surface area contributed by atoms with Crippen LogP contribution in [0.3, 0.4) is 0 Å². The summed E-state index contributed by atoms with van der Waals surface area (Å²) in [6.07, 6.45) is 0. The van der Waals surface area contributed by atoms with Crippen LogP contribution in [-0.2, 0) is 0 Å². The lowest BCUT2D eigenvalue weighted by Crippen LogP contribution is -2.28. The van der Waals surface area contributed by atoms with Crippen LogP contribution in [0.4, 0.5) is 4.39 Å². The molecule has 0 saturated heterocycles. The van der Waals surface area contributed by atoms with Crippen LogP contribution < -0.4 is 5.32 Å². The normalized spacial score (nSPS) is 11.6. The largest absolute Gasteiger partial charge is 0.331 e. The monoisotopic (exact) mass is 351 g/mol. The van der Waals surface area contributed by atoms with Gasteiger partial charge in [0.2, 0.25) is 0 Å². The van der Waals surface area contributed by atoms with Gasteiger partial charge in [-0.3, -0.25) is 4.79 Å². The number of nitrogens with one attached hydrogen (secondary N) is 1. The zero-order valence-electron chi connectivity index (χ0n) is 13.4. The molecule has 0 fully saturated rings. The number of thiazole rings is 1. The lowest BCUT2D eigenvalue weighted by atomic mass is 10.1. The molecule has 6 heteroatoms. The molecule has 0 spiro atoms. The Morgan fingerprint density at radius 1 is 1.24 bits per heavy atom. The number of amides is 1. The highest BCUT2D eigenvalue weighted by molar-refractivity contribution is 7.13. The van der Waals surface area contributed by atoms with E-state index in [0.717, 1.165) is 11.1 Å². The molecular formula is C19H14FN3OS. The number of aromatic nitrogens is 1. The van der Waals surface area contributed by atoms with E-state index in [-0.39, 0.29) is 11.3 Å². The van der Waals surface area contributed by atoms with Gasteiger partial charge in [0.15, 0.2) is 0 Å². The van der Waals surface area contributed by atoms with Gasteiger partial charge in [0.25, 0.3) is 5.91 Å². The highest BCUT2D eigenvalue weighted by Crippen LogP contribution is 2.24. The Hall–Kier alpha value is -3.04. The van der Waals surface area contributed by atoms with E-state index in [1.807, 2.05) is 37.3 Å². The fourth-order valence-corrected chi connectivity index (χ4v) is 3.11. The van der Waals surface area contributed by atoms with E-state index in [1.54, 1.807) is 11.4 Å². The lowest BCUT2D eigenvalue weighted by molar-refractivity contribution is 0.0940. The third-order valence-corrected chi connectivity index (χ3v) is 4.55. The maximum Gasteiger partial charge on any atom is 0.272 e. The van der Waals surface area contributed by atoms with Crippen LogP contribution in [0.1, 0.15) is 27.7 Å². The number of nitriles is 1. The zero-order valence-corrected chi connectivity index (χ0v) is 14.2. The quantitative estimate of drug-likeness (QED) is 0.764. The number of rotatable bonds is 4. The molecule has 4 nitrogen and oxygen atoms in total. The topological polar surface area (TPSA) is 65.8 Å². The molecule has 3 aromatic rings. The number of benzene rings is 2. The Balaban J connectivity index is 1.79. The number of aryl methyl sites for hydroxylation is 1. The summed E-state index contributed by atoms with van der Waals surface area (Å²) in [7, 11) is 0. The fourth-order valence-electron chi connectivity index (χ4n) is 2.30. The summed E-state index contributed by atoms with van der Waals surface area (Å²) in [6, 6.07) is 14.5. The average Bonchev–Trinajstić information content (AvgIpc) is 3.11. The van der Waals surface area contributed by atoms with Crippen molar-refractivity contribution in [2.45, 2.75) is 13.0 Å². The van der Waals surface area contributed by atoms with Crippen LogP contribution in [0.2, 0.25) is 0 Å². The van der Waals surface area contributed by atoms with Crippen molar-refractivity contribution in [1.82, 2.24) is 10.3 Å². The molecule has 0 aliphatic heterocycles. The molecule has 0 aliphatic carbocycles. The molecule has 1 heterocycles. The predicted molar refractivity (Wildman–Crippen MR) is 94.5 cm³/mol. The number of carbonyl (C=O) groups is 1. The van der Waals surface area contributed by atoms with E-state index >= 15 is 0 Å². The van der Waals surface area contributed by atoms with Gasteiger partial charge in [-0.05, 0) is 13.0 Å². The molecule has 0 bridgehead atoms. The second kappa shape index (κ2) is 7.24.